The van der Waals surface area contributed by atoms with Gasteiger partial charge in [0.05, 0.1) is 11.0 Å². The maximum absolute atomic E-state index is 14.2. The molecule has 2 aliphatic heterocycles. The van der Waals surface area contributed by atoms with Gasteiger partial charge in [0.25, 0.3) is 11.5 Å². The summed E-state index contributed by atoms with van der Waals surface area (Å²) in [4.78, 5) is 53.0. The van der Waals surface area contributed by atoms with Crippen molar-refractivity contribution >= 4 is 28.6 Å². The van der Waals surface area contributed by atoms with Crippen LogP contribution in [-0.2, 0) is 14.4 Å². The Morgan fingerprint density at radius 2 is 1.58 bits per heavy atom. The second-order valence-electron chi connectivity index (χ2n) is 13.0. The predicted molar refractivity (Wildman–Crippen MR) is 164 cm³/mol. The molecule has 4 unspecified atom stereocenters. The zero-order valence-corrected chi connectivity index (χ0v) is 25.5. The lowest BCUT2D eigenvalue weighted by molar-refractivity contribution is -0.136. The summed E-state index contributed by atoms with van der Waals surface area (Å²) >= 11 is 0. The summed E-state index contributed by atoms with van der Waals surface area (Å²) in [6.07, 6.45) is 13.4. The highest BCUT2D eigenvalue weighted by Gasteiger charge is 2.45. The van der Waals surface area contributed by atoms with E-state index in [0.717, 1.165) is 37.5 Å². The quantitative estimate of drug-likeness (QED) is 0.335. The topological polar surface area (TPSA) is 117 Å². The molecule has 4 bridgehead atoms. The Morgan fingerprint density at radius 1 is 0.930 bits per heavy atom. The van der Waals surface area contributed by atoms with Crippen molar-refractivity contribution in [2.75, 3.05) is 19.7 Å². The fourth-order valence-electron chi connectivity index (χ4n) is 8.81. The van der Waals surface area contributed by atoms with E-state index in [1.807, 2.05) is 32.0 Å². The number of carboxylic acids is 1. The van der Waals surface area contributed by atoms with Gasteiger partial charge in [0, 0.05) is 37.3 Å². The van der Waals surface area contributed by atoms with Gasteiger partial charge in [0.2, 0.25) is 5.71 Å². The monoisotopic (exact) mass is 591 g/mol. The number of fused-ring (bicyclic) bond motifs is 5. The summed E-state index contributed by atoms with van der Waals surface area (Å²) in [5, 5.41) is 13.9. The molecule has 2 aromatic rings. The Morgan fingerprint density at radius 3 is 2.23 bits per heavy atom. The van der Waals surface area contributed by atoms with Gasteiger partial charge >= 0.3 is 5.97 Å². The molecule has 4 fully saturated rings. The standard InChI is InChI=1S/C33H45N5O5/c1-3-36(4-2)29(39)20-43-35-31(33(41)42)30-32(40)38(28-14-6-5-13-27(28)34-30)26-18-23-11-8-12-24(19-26)37(23)25-16-21-9-7-10-22(15-21)17-25/h5-6,13-14,21-26H,3-4,7-12,15-20H2,1-2H3,(H,41,42)/t21?,22?,23-,24?,25?,26?/m1/s1. The lowest BCUT2D eigenvalue weighted by Crippen LogP contribution is -2.58. The van der Waals surface area contributed by atoms with Crippen molar-refractivity contribution in [1.82, 2.24) is 19.4 Å². The van der Waals surface area contributed by atoms with Crippen LogP contribution in [-0.4, -0.2) is 79.9 Å². The van der Waals surface area contributed by atoms with Gasteiger partial charge in [-0.1, -0.05) is 43.0 Å². The highest BCUT2D eigenvalue weighted by molar-refractivity contribution is 6.41. The highest BCUT2D eigenvalue weighted by Crippen LogP contribution is 2.47. The Bertz CT molecular complexity index is 1410. The number of amides is 1. The van der Waals surface area contributed by atoms with Crippen molar-refractivity contribution in [3.8, 4) is 0 Å². The number of carboxylic acid groups (broad SMARTS) is 1. The average molecular weight is 592 g/mol. The third kappa shape index (κ3) is 5.95. The number of carbonyl (C=O) groups excluding carboxylic acids is 1. The summed E-state index contributed by atoms with van der Waals surface area (Å²) in [7, 11) is 0. The van der Waals surface area contributed by atoms with Gasteiger partial charge in [0.15, 0.2) is 12.3 Å². The van der Waals surface area contributed by atoms with E-state index in [-0.39, 0.29) is 17.6 Å². The van der Waals surface area contributed by atoms with Gasteiger partial charge < -0.3 is 19.4 Å². The summed E-state index contributed by atoms with van der Waals surface area (Å²) < 4.78 is 1.79. The maximum Gasteiger partial charge on any atom is 0.360 e. The van der Waals surface area contributed by atoms with Crippen molar-refractivity contribution in [3.63, 3.8) is 0 Å². The second-order valence-corrected chi connectivity index (χ2v) is 13.0. The SMILES string of the molecule is CCN(CC)C(=O)CON=C(C(=O)O)c1nc2ccccc2n(C2CC3CCC[C@H](C2)N3C2CC3CCCC(C3)C2)c1=O. The molecule has 10 nitrogen and oxygen atoms in total. The molecule has 5 atom stereocenters. The molecule has 2 saturated carbocycles. The molecular weight excluding hydrogens is 546 g/mol. The minimum Gasteiger partial charge on any atom is -0.476 e. The maximum atomic E-state index is 14.2. The predicted octanol–water partition coefficient (Wildman–Crippen LogP) is 4.60. The minimum atomic E-state index is -1.42. The zero-order chi connectivity index (χ0) is 30.1. The number of piperidine rings is 2. The van der Waals surface area contributed by atoms with Gasteiger partial charge in [-0.05, 0) is 82.8 Å². The van der Waals surface area contributed by atoms with Crippen LogP contribution < -0.4 is 5.56 Å². The number of hydrogen-bond acceptors (Lipinski definition) is 7. The molecule has 4 aliphatic rings. The number of para-hydroxylation sites is 2. The summed E-state index contributed by atoms with van der Waals surface area (Å²) in [6.45, 7) is 4.31. The number of carbonyl (C=O) groups is 2. The largest absolute Gasteiger partial charge is 0.476 e. The van der Waals surface area contributed by atoms with E-state index in [1.54, 1.807) is 15.5 Å². The van der Waals surface area contributed by atoms with Crippen LogP contribution in [0.4, 0.5) is 0 Å². The number of aromatic nitrogens is 2. The molecule has 2 saturated heterocycles. The van der Waals surface area contributed by atoms with Gasteiger partial charge in [-0.3, -0.25) is 14.5 Å². The number of likely N-dealkylation sites (N-methyl/N-ethyl adjacent to an activating group) is 1. The molecule has 3 heterocycles. The van der Waals surface area contributed by atoms with Crippen LogP contribution in [0.3, 0.4) is 0 Å². The van der Waals surface area contributed by atoms with E-state index in [4.69, 9.17) is 4.84 Å². The Balaban J connectivity index is 1.31. The van der Waals surface area contributed by atoms with Gasteiger partial charge in [-0.2, -0.15) is 0 Å². The molecule has 1 aromatic carbocycles. The lowest BCUT2D eigenvalue weighted by atomic mass is 9.68. The third-order valence-electron chi connectivity index (χ3n) is 10.6. The zero-order valence-electron chi connectivity index (χ0n) is 25.5. The van der Waals surface area contributed by atoms with Crippen molar-refractivity contribution in [3.05, 3.63) is 40.3 Å². The molecule has 2 aliphatic carbocycles. The fraction of sp³-hybridized carbons (Fsp3) is 0.667. The first-order valence-electron chi connectivity index (χ1n) is 16.4. The normalized spacial score (nSPS) is 29.3. The summed E-state index contributed by atoms with van der Waals surface area (Å²) in [6, 6.07) is 8.85. The number of oxime groups is 1. The smallest absolute Gasteiger partial charge is 0.360 e. The molecule has 43 heavy (non-hydrogen) atoms. The molecule has 232 valence electrons. The number of hydrogen-bond donors (Lipinski definition) is 1. The molecule has 1 N–H and O–H groups in total. The first-order valence-corrected chi connectivity index (χ1v) is 16.4. The van der Waals surface area contributed by atoms with Crippen molar-refractivity contribution < 1.29 is 19.5 Å². The van der Waals surface area contributed by atoms with Crippen LogP contribution in [0.25, 0.3) is 11.0 Å². The average Bonchev–Trinajstić information content (AvgIpc) is 2.99. The molecule has 1 amide bonds. The molecule has 0 spiro atoms. The highest BCUT2D eigenvalue weighted by atomic mass is 16.6. The Labute approximate surface area is 253 Å². The van der Waals surface area contributed by atoms with Crippen LogP contribution in [0.2, 0.25) is 0 Å². The number of rotatable bonds is 9. The Hall–Kier alpha value is -3.27. The first kappa shape index (κ1) is 29.8. The number of aliphatic carboxylic acids is 1. The van der Waals surface area contributed by atoms with Crippen LogP contribution in [0, 0.1) is 11.8 Å². The van der Waals surface area contributed by atoms with E-state index in [2.05, 4.69) is 15.0 Å². The van der Waals surface area contributed by atoms with E-state index in [1.165, 1.54) is 44.9 Å². The molecule has 1 aromatic heterocycles. The molecule has 10 heteroatoms. The Kier molecular flexibility index (Phi) is 8.84. The first-order chi connectivity index (χ1) is 20.9. The molecule has 6 rings (SSSR count). The second kappa shape index (κ2) is 12.8. The van der Waals surface area contributed by atoms with E-state index in [0.29, 0.717) is 42.2 Å². The van der Waals surface area contributed by atoms with Crippen LogP contribution in [0.15, 0.2) is 34.2 Å². The van der Waals surface area contributed by atoms with Crippen LogP contribution in [0.5, 0.6) is 0 Å². The van der Waals surface area contributed by atoms with E-state index >= 15 is 0 Å². The van der Waals surface area contributed by atoms with Crippen molar-refractivity contribution in [1.29, 1.82) is 0 Å². The lowest BCUT2D eigenvalue weighted by Gasteiger charge is -2.55. The molecule has 0 radical (unpaired) electrons. The van der Waals surface area contributed by atoms with Gasteiger partial charge in [-0.25, -0.2) is 9.78 Å². The number of benzene rings is 1. The fourth-order valence-corrected chi connectivity index (χ4v) is 8.81. The van der Waals surface area contributed by atoms with Crippen molar-refractivity contribution in [2.24, 2.45) is 17.0 Å². The molecular formula is C33H45N5O5. The van der Waals surface area contributed by atoms with Gasteiger partial charge in [-0.15, -0.1) is 0 Å². The summed E-state index contributed by atoms with van der Waals surface area (Å²) in [5.41, 5.74) is -0.0556. The van der Waals surface area contributed by atoms with E-state index in [9.17, 15) is 19.5 Å². The minimum absolute atomic E-state index is 0.0611. The third-order valence-corrected chi connectivity index (χ3v) is 10.6. The van der Waals surface area contributed by atoms with E-state index < -0.39 is 23.8 Å². The van der Waals surface area contributed by atoms with Crippen LogP contribution in [0.1, 0.15) is 96.2 Å². The summed E-state index contributed by atoms with van der Waals surface area (Å²) in [5.74, 6) is 0.00516. The van der Waals surface area contributed by atoms with Crippen LogP contribution >= 0.6 is 0 Å². The van der Waals surface area contributed by atoms with Gasteiger partial charge in [0.1, 0.15) is 0 Å². The number of nitrogens with zero attached hydrogens (tertiary/aromatic N) is 5. The van der Waals surface area contributed by atoms with Crippen molar-refractivity contribution in [2.45, 2.75) is 109 Å².